The molecular formula is Cs2F7Ta. The second kappa shape index (κ2) is 3.17. The van der Waals surface area contributed by atoms with Crippen molar-refractivity contribution in [2.45, 2.75) is 0 Å². The second-order valence-corrected chi connectivity index (χ2v) is 11.0. The van der Waals surface area contributed by atoms with Crippen LogP contribution in [0.5, 0.6) is 0 Å². The number of hydrogen-bond acceptors (Lipinski definition) is 0. The van der Waals surface area contributed by atoms with Gasteiger partial charge in [0.2, 0.25) is 0 Å². The molecule has 0 nitrogen and oxygen atoms in total. The van der Waals surface area contributed by atoms with Crippen LogP contribution in [0.2, 0.25) is 0 Å². The van der Waals surface area contributed by atoms with Crippen molar-refractivity contribution in [3.63, 3.8) is 0 Å². The molecule has 0 heterocycles. The molecule has 0 fully saturated rings. The normalized spacial score (nSPS) is 21.7. The van der Waals surface area contributed by atoms with Gasteiger partial charge in [-0.15, -0.1) is 0 Å². The van der Waals surface area contributed by atoms with Gasteiger partial charge in [0.1, 0.15) is 0 Å². The van der Waals surface area contributed by atoms with Crippen molar-refractivity contribution >= 4 is 0 Å². The van der Waals surface area contributed by atoms with Gasteiger partial charge in [-0.1, -0.05) is 0 Å². The van der Waals surface area contributed by atoms with E-state index < -0.39 is 17.0 Å². The van der Waals surface area contributed by atoms with E-state index in [1.54, 1.807) is 0 Å². The van der Waals surface area contributed by atoms with Crippen LogP contribution in [0.4, 0.5) is 21.2 Å². The Morgan fingerprint density at radius 3 is 0.500 bits per heavy atom. The molecule has 0 aliphatic carbocycles. The Labute approximate surface area is 170 Å². The molecule has 0 bridgehead atoms. The molecule has 0 unspecified atom stereocenters. The fourth-order valence-electron chi connectivity index (χ4n) is 0. The molecule has 0 aliphatic rings. The van der Waals surface area contributed by atoms with E-state index in [1.165, 1.54) is 0 Å². The third-order valence-corrected chi connectivity index (χ3v) is 0. The molecule has 10 heavy (non-hydrogen) atoms. The van der Waals surface area contributed by atoms with Crippen LogP contribution in [-0.2, 0) is 17.0 Å². The fraction of sp³-hybridized carbons (Fsp3) is 0. The molecule has 0 N–H and O–H groups in total. The van der Waals surface area contributed by atoms with Gasteiger partial charge in [0, 0.05) is 0 Å². The van der Waals surface area contributed by atoms with Crippen LogP contribution in [0, 0.1) is 0 Å². The summed E-state index contributed by atoms with van der Waals surface area (Å²) in [6, 6.07) is 0. The van der Waals surface area contributed by atoms with Crippen molar-refractivity contribution in [2.75, 3.05) is 0 Å². The van der Waals surface area contributed by atoms with E-state index in [1.807, 2.05) is 0 Å². The molecule has 0 amide bonds. The fourth-order valence-corrected chi connectivity index (χ4v) is 0. The predicted octanol–water partition coefficient (Wildman–Crippen LogP) is -3.05. The van der Waals surface area contributed by atoms with Gasteiger partial charge in [-0.3, -0.25) is 0 Å². The van der Waals surface area contributed by atoms with Crippen molar-refractivity contribution in [3.05, 3.63) is 0 Å². The summed E-state index contributed by atoms with van der Waals surface area (Å²) in [7, 11) is 0. The summed E-state index contributed by atoms with van der Waals surface area (Å²) in [5, 5.41) is 0. The molecule has 0 saturated carbocycles. The summed E-state index contributed by atoms with van der Waals surface area (Å²) < 4.78 is 69.6. The Balaban J connectivity index is -0.000000245. The topological polar surface area (TPSA) is 0 Å². The van der Waals surface area contributed by atoms with Gasteiger partial charge >= 0.3 is 176 Å². The average molecular weight is 580 g/mol. The third kappa shape index (κ3) is 84.0. The average Bonchev–Trinajstić information content (AvgIpc) is 0.544. The van der Waals surface area contributed by atoms with Gasteiger partial charge in [0.25, 0.3) is 0 Å². The molecule has 0 radical (unpaired) electrons. The summed E-state index contributed by atoms with van der Waals surface area (Å²) in [4.78, 5) is 0. The van der Waals surface area contributed by atoms with E-state index in [0.717, 1.165) is 0 Å². The molecule has 0 spiro atoms. The van der Waals surface area contributed by atoms with Crippen LogP contribution in [0.15, 0.2) is 0 Å². The second-order valence-electron chi connectivity index (χ2n) is 1.34. The summed E-state index contributed by atoms with van der Waals surface area (Å²) in [5.74, 6) is 0. The Hall–Kier alpha value is 4.35. The molecule has 10 heteroatoms. The van der Waals surface area contributed by atoms with Gasteiger partial charge < -0.3 is 0 Å². The zero-order valence-electron chi connectivity index (χ0n) is 5.09. The summed E-state index contributed by atoms with van der Waals surface area (Å²) >= 11 is -13.4. The molecule has 0 aromatic carbocycles. The Bertz CT molecular complexity index is 104. The number of hydrogen-bond donors (Lipinski definition) is 0. The van der Waals surface area contributed by atoms with E-state index in [2.05, 4.69) is 0 Å². The van der Waals surface area contributed by atoms with Crippen LogP contribution in [0.1, 0.15) is 0 Å². The SMILES string of the molecule is [Cs+].[Cs+].[F][Ta-2]([F])([F])([F])([F])([F])[F]. The van der Waals surface area contributed by atoms with E-state index in [4.69, 9.17) is 0 Å². The molecule has 0 aliphatic heterocycles. The monoisotopic (exact) mass is 580 g/mol. The first-order chi connectivity index (χ1) is 2.65. The third-order valence-electron chi connectivity index (χ3n) is 0. The predicted molar refractivity (Wildman–Crippen MR) is 7.76 cm³/mol. The molecular weight excluding hydrogens is 580 g/mol. The van der Waals surface area contributed by atoms with Crippen LogP contribution in [0.3, 0.4) is 0 Å². The van der Waals surface area contributed by atoms with E-state index >= 15 is 0 Å². The molecule has 0 rings (SSSR count). The van der Waals surface area contributed by atoms with Crippen LogP contribution >= 0.6 is 0 Å². The Kier molecular flexibility index (Phi) is 6.30. The minimum absolute atomic E-state index is 0. The Morgan fingerprint density at radius 1 is 0.500 bits per heavy atom. The molecule has 56 valence electrons. The van der Waals surface area contributed by atoms with Gasteiger partial charge in [-0.25, -0.2) is 0 Å². The zero-order chi connectivity index (χ0) is 7.38. The van der Waals surface area contributed by atoms with E-state index in [0.29, 0.717) is 0 Å². The van der Waals surface area contributed by atoms with Crippen molar-refractivity contribution in [2.24, 2.45) is 0 Å². The van der Waals surface area contributed by atoms with Crippen molar-refractivity contribution in [1.29, 1.82) is 0 Å². The van der Waals surface area contributed by atoms with Crippen molar-refractivity contribution in [3.8, 4) is 0 Å². The minimum atomic E-state index is -13.4. The zero-order valence-corrected chi connectivity index (χ0v) is 20.9. The van der Waals surface area contributed by atoms with Crippen LogP contribution in [0.25, 0.3) is 0 Å². The maximum absolute atomic E-state index is 13.4. The van der Waals surface area contributed by atoms with Gasteiger partial charge in [-0.2, -0.15) is 0 Å². The first kappa shape index (κ1) is 19.9. The van der Waals surface area contributed by atoms with Gasteiger partial charge in [0.15, 0.2) is 0 Å². The standard InChI is InChI=1S/2Cs.7FH.Ta/h;;7*1H;/q2*+1;;;;;;;;+5/p-7. The summed E-state index contributed by atoms with van der Waals surface area (Å²) in [5.41, 5.74) is 0. The first-order valence-electron chi connectivity index (χ1n) is 1.18. The van der Waals surface area contributed by atoms with Crippen LogP contribution in [-0.4, -0.2) is 0 Å². The Morgan fingerprint density at radius 2 is 0.500 bits per heavy atom. The first-order valence-corrected chi connectivity index (χ1v) is 9.69. The van der Waals surface area contributed by atoms with E-state index in [-0.39, 0.29) is 138 Å². The van der Waals surface area contributed by atoms with Crippen molar-refractivity contribution in [1.82, 2.24) is 0 Å². The number of rotatable bonds is 0. The summed E-state index contributed by atoms with van der Waals surface area (Å²) in [6.07, 6.45) is 0. The quantitative estimate of drug-likeness (QED) is 0.268. The van der Waals surface area contributed by atoms with Crippen LogP contribution < -0.4 is 138 Å². The van der Waals surface area contributed by atoms with Crippen molar-refractivity contribution < 1.29 is 176 Å². The molecule has 0 aromatic heterocycles. The van der Waals surface area contributed by atoms with E-state index in [9.17, 15) is 21.2 Å². The molecule has 0 atom stereocenters. The van der Waals surface area contributed by atoms with Gasteiger partial charge in [-0.05, 0) is 0 Å². The molecule has 0 saturated heterocycles. The summed E-state index contributed by atoms with van der Waals surface area (Å²) in [6.45, 7) is 0. The molecule has 0 aromatic rings. The van der Waals surface area contributed by atoms with Gasteiger partial charge in [0.05, 0.1) is 0 Å². The maximum atomic E-state index is 9.94. The number of halogens is 7.